The monoisotopic (exact) mass is 389 g/mol. The number of likely N-dealkylation sites (tertiary alicyclic amines) is 2. The number of rotatable bonds is 5. The average molecular weight is 389 g/mol. The highest BCUT2D eigenvalue weighted by molar-refractivity contribution is 7.09. The van der Waals surface area contributed by atoms with Crippen molar-refractivity contribution in [1.29, 1.82) is 0 Å². The highest BCUT2D eigenvalue weighted by Gasteiger charge is 2.33. The minimum absolute atomic E-state index is 0.177. The SMILES string of the molecule is CCNC(=NCc1nc(C(F)(F)F)cs1)N1CCC(CN2CCCC2)C1. The highest BCUT2D eigenvalue weighted by Crippen LogP contribution is 2.30. The Morgan fingerprint density at radius 3 is 2.77 bits per heavy atom. The van der Waals surface area contributed by atoms with Gasteiger partial charge < -0.3 is 15.1 Å². The Hall–Kier alpha value is -1.35. The summed E-state index contributed by atoms with van der Waals surface area (Å²) in [6, 6.07) is 0. The Morgan fingerprint density at radius 1 is 1.35 bits per heavy atom. The number of alkyl halides is 3. The summed E-state index contributed by atoms with van der Waals surface area (Å²) in [5.74, 6) is 1.41. The minimum Gasteiger partial charge on any atom is -0.357 e. The lowest BCUT2D eigenvalue weighted by Gasteiger charge is -2.23. The van der Waals surface area contributed by atoms with Crippen LogP contribution in [0.15, 0.2) is 10.4 Å². The van der Waals surface area contributed by atoms with Gasteiger partial charge in [0.25, 0.3) is 0 Å². The van der Waals surface area contributed by atoms with Crippen LogP contribution in [0.25, 0.3) is 0 Å². The van der Waals surface area contributed by atoms with Gasteiger partial charge in [-0.1, -0.05) is 0 Å². The Bertz CT molecular complexity index is 610. The first-order valence-corrected chi connectivity index (χ1v) is 10.1. The number of halogens is 3. The maximum absolute atomic E-state index is 12.7. The fourth-order valence-corrected chi connectivity index (χ4v) is 4.31. The molecule has 5 nitrogen and oxygen atoms in total. The van der Waals surface area contributed by atoms with Crippen molar-refractivity contribution in [3.63, 3.8) is 0 Å². The Labute approximate surface area is 156 Å². The van der Waals surface area contributed by atoms with Crippen LogP contribution in [-0.4, -0.2) is 60.0 Å². The van der Waals surface area contributed by atoms with Crippen molar-refractivity contribution in [3.8, 4) is 0 Å². The van der Waals surface area contributed by atoms with Gasteiger partial charge in [-0.3, -0.25) is 0 Å². The lowest BCUT2D eigenvalue weighted by Crippen LogP contribution is -2.40. The van der Waals surface area contributed by atoms with Crippen LogP contribution in [0.5, 0.6) is 0 Å². The molecule has 2 aliphatic rings. The predicted molar refractivity (Wildman–Crippen MR) is 97.3 cm³/mol. The van der Waals surface area contributed by atoms with Gasteiger partial charge in [0.1, 0.15) is 5.01 Å². The van der Waals surface area contributed by atoms with E-state index in [1.54, 1.807) is 0 Å². The molecule has 1 N–H and O–H groups in total. The molecule has 3 heterocycles. The molecule has 0 spiro atoms. The number of aliphatic imine (C=N–C) groups is 1. The molecule has 3 rings (SSSR count). The largest absolute Gasteiger partial charge is 0.434 e. The van der Waals surface area contributed by atoms with Crippen molar-refractivity contribution in [3.05, 3.63) is 16.1 Å². The zero-order valence-electron chi connectivity index (χ0n) is 15.1. The molecule has 0 bridgehead atoms. The van der Waals surface area contributed by atoms with Gasteiger partial charge in [-0.25, -0.2) is 9.98 Å². The van der Waals surface area contributed by atoms with Gasteiger partial charge in [-0.15, -0.1) is 11.3 Å². The number of nitrogens with one attached hydrogen (secondary N) is 1. The topological polar surface area (TPSA) is 43.8 Å². The number of thiazole rings is 1. The summed E-state index contributed by atoms with van der Waals surface area (Å²) in [7, 11) is 0. The van der Waals surface area contributed by atoms with Crippen LogP contribution in [0.3, 0.4) is 0 Å². The molecular weight excluding hydrogens is 363 g/mol. The van der Waals surface area contributed by atoms with Gasteiger partial charge in [-0.05, 0) is 45.2 Å². The van der Waals surface area contributed by atoms with Crippen molar-refractivity contribution in [2.75, 3.05) is 39.3 Å². The van der Waals surface area contributed by atoms with Gasteiger partial charge >= 0.3 is 6.18 Å². The van der Waals surface area contributed by atoms with E-state index >= 15 is 0 Å². The quantitative estimate of drug-likeness (QED) is 0.621. The number of guanidine groups is 1. The zero-order chi connectivity index (χ0) is 18.6. The van der Waals surface area contributed by atoms with Crippen LogP contribution in [0.2, 0.25) is 0 Å². The van der Waals surface area contributed by atoms with Gasteiger partial charge in [0, 0.05) is 31.6 Å². The van der Waals surface area contributed by atoms with Gasteiger partial charge in [0.15, 0.2) is 11.7 Å². The molecule has 26 heavy (non-hydrogen) atoms. The minimum atomic E-state index is -4.39. The van der Waals surface area contributed by atoms with E-state index in [9.17, 15) is 13.2 Å². The van der Waals surface area contributed by atoms with Gasteiger partial charge in [0.05, 0.1) is 6.54 Å². The number of hydrogen-bond acceptors (Lipinski definition) is 4. The van der Waals surface area contributed by atoms with Crippen LogP contribution < -0.4 is 5.32 Å². The molecule has 2 saturated heterocycles. The molecule has 146 valence electrons. The van der Waals surface area contributed by atoms with Crippen LogP contribution in [0.1, 0.15) is 36.9 Å². The lowest BCUT2D eigenvalue weighted by molar-refractivity contribution is -0.140. The normalized spacial score (nSPS) is 22.4. The average Bonchev–Trinajstić information content (AvgIpc) is 3.33. The first kappa shape index (κ1) is 19.4. The smallest absolute Gasteiger partial charge is 0.357 e. The summed E-state index contributed by atoms with van der Waals surface area (Å²) in [6.07, 6.45) is -0.653. The maximum Gasteiger partial charge on any atom is 0.434 e. The van der Waals surface area contributed by atoms with Crippen molar-refractivity contribution in [1.82, 2.24) is 20.1 Å². The molecule has 0 saturated carbocycles. The molecule has 0 aromatic carbocycles. The Balaban J connectivity index is 1.57. The van der Waals surface area contributed by atoms with Gasteiger partial charge in [-0.2, -0.15) is 13.2 Å². The summed E-state index contributed by atoms with van der Waals surface area (Å²) < 4.78 is 38.0. The first-order valence-electron chi connectivity index (χ1n) is 9.23. The fourth-order valence-electron chi connectivity index (χ4n) is 3.59. The molecule has 1 aromatic heterocycles. The molecule has 2 aliphatic heterocycles. The molecule has 9 heteroatoms. The van der Waals surface area contributed by atoms with Crippen molar-refractivity contribution in [2.45, 2.75) is 38.9 Å². The van der Waals surface area contributed by atoms with E-state index < -0.39 is 11.9 Å². The third-order valence-corrected chi connectivity index (χ3v) is 5.68. The van der Waals surface area contributed by atoms with E-state index in [0.717, 1.165) is 55.3 Å². The van der Waals surface area contributed by atoms with E-state index in [0.29, 0.717) is 10.9 Å². The van der Waals surface area contributed by atoms with E-state index in [2.05, 4.69) is 25.1 Å². The molecule has 0 radical (unpaired) electrons. The number of hydrogen-bond donors (Lipinski definition) is 1. The van der Waals surface area contributed by atoms with E-state index in [1.165, 1.54) is 25.9 Å². The van der Waals surface area contributed by atoms with Crippen molar-refractivity contribution >= 4 is 17.3 Å². The summed E-state index contributed by atoms with van der Waals surface area (Å²) in [4.78, 5) is 12.9. The van der Waals surface area contributed by atoms with Crippen molar-refractivity contribution < 1.29 is 13.2 Å². The van der Waals surface area contributed by atoms with E-state index in [4.69, 9.17) is 0 Å². The summed E-state index contributed by atoms with van der Waals surface area (Å²) >= 11 is 1.01. The number of nitrogens with zero attached hydrogens (tertiary/aromatic N) is 4. The molecule has 1 atom stereocenters. The predicted octanol–water partition coefficient (Wildman–Crippen LogP) is 3.05. The van der Waals surface area contributed by atoms with Crippen LogP contribution in [0, 0.1) is 5.92 Å². The molecule has 0 amide bonds. The van der Waals surface area contributed by atoms with Crippen LogP contribution in [-0.2, 0) is 12.7 Å². The first-order chi connectivity index (χ1) is 12.5. The van der Waals surface area contributed by atoms with E-state index in [-0.39, 0.29) is 6.54 Å². The summed E-state index contributed by atoms with van der Waals surface area (Å²) in [5, 5.41) is 4.71. The Kier molecular flexibility index (Phi) is 6.39. The molecule has 2 fully saturated rings. The third-order valence-electron chi connectivity index (χ3n) is 4.84. The third kappa shape index (κ3) is 5.09. The maximum atomic E-state index is 12.7. The molecule has 1 unspecified atom stereocenters. The fraction of sp³-hybridized carbons (Fsp3) is 0.765. The summed E-state index contributed by atoms with van der Waals surface area (Å²) in [5.41, 5.74) is -0.829. The second-order valence-corrected chi connectivity index (χ2v) is 7.85. The molecule has 0 aliphatic carbocycles. The molecular formula is C17H26F3N5S. The standard InChI is InChI=1S/C17H26F3N5S/c1-2-21-16(22-9-15-23-14(12-26-15)17(18,19)20)25-8-5-13(11-25)10-24-6-3-4-7-24/h12-13H,2-11H2,1H3,(H,21,22). The lowest BCUT2D eigenvalue weighted by atomic mass is 10.1. The van der Waals surface area contributed by atoms with Gasteiger partial charge in [0.2, 0.25) is 0 Å². The van der Waals surface area contributed by atoms with E-state index in [1.807, 2.05) is 6.92 Å². The summed E-state index contributed by atoms with van der Waals surface area (Å²) in [6.45, 7) is 8.35. The number of aromatic nitrogens is 1. The second-order valence-electron chi connectivity index (χ2n) is 6.90. The van der Waals surface area contributed by atoms with Crippen LogP contribution in [0.4, 0.5) is 13.2 Å². The Morgan fingerprint density at radius 2 is 2.12 bits per heavy atom. The highest BCUT2D eigenvalue weighted by atomic mass is 32.1. The van der Waals surface area contributed by atoms with Crippen LogP contribution >= 0.6 is 11.3 Å². The molecule has 1 aromatic rings. The zero-order valence-corrected chi connectivity index (χ0v) is 15.9. The second kappa shape index (κ2) is 8.56. The van der Waals surface area contributed by atoms with Crippen molar-refractivity contribution in [2.24, 2.45) is 10.9 Å².